The molecule has 0 saturated carbocycles. The summed E-state index contributed by atoms with van der Waals surface area (Å²) in [4.78, 5) is 16.2. The minimum atomic E-state index is -0.518. The van der Waals surface area contributed by atoms with Gasteiger partial charge in [-0.3, -0.25) is 0 Å². The Hall–Kier alpha value is -2.95. The van der Waals surface area contributed by atoms with Crippen molar-refractivity contribution in [3.05, 3.63) is 70.7 Å². The molecule has 128 valence electrons. The van der Waals surface area contributed by atoms with Crippen LogP contribution >= 0.6 is 0 Å². The van der Waals surface area contributed by atoms with E-state index < -0.39 is 11.8 Å². The Kier molecular flexibility index (Phi) is 4.93. The van der Waals surface area contributed by atoms with Gasteiger partial charge in [0.1, 0.15) is 0 Å². The van der Waals surface area contributed by atoms with Gasteiger partial charge in [-0.2, -0.15) is 0 Å². The fourth-order valence-corrected chi connectivity index (χ4v) is 2.50. The summed E-state index contributed by atoms with van der Waals surface area (Å²) in [6, 6.07) is 12.6. The molecule has 0 fully saturated rings. The number of carbonyl (C=O) groups excluding carboxylic acids is 1. The average molecular weight is 339 g/mol. The number of hydrogen-bond acceptors (Lipinski definition) is 4. The molecule has 2 aromatic carbocycles. The summed E-state index contributed by atoms with van der Waals surface area (Å²) in [6.07, 6.45) is 2.77. The van der Waals surface area contributed by atoms with Crippen molar-refractivity contribution in [2.75, 3.05) is 7.11 Å². The quantitative estimate of drug-likeness (QED) is 0.609. The lowest BCUT2D eigenvalue weighted by Gasteiger charge is -2.01. The summed E-state index contributed by atoms with van der Waals surface area (Å²) in [5, 5.41) is 0. The van der Waals surface area contributed by atoms with Crippen molar-refractivity contribution in [3.63, 3.8) is 0 Å². The third-order valence-corrected chi connectivity index (χ3v) is 3.89. The van der Waals surface area contributed by atoms with E-state index >= 15 is 0 Å². The zero-order valence-corrected chi connectivity index (χ0v) is 14.1. The van der Waals surface area contributed by atoms with Crippen LogP contribution in [0.2, 0.25) is 0 Å². The number of esters is 1. The molecule has 0 amide bonds. The number of hydrogen-bond donors (Lipinski definition) is 0. The molecule has 4 nitrogen and oxygen atoms in total. The van der Waals surface area contributed by atoms with E-state index in [2.05, 4.69) is 4.99 Å². The van der Waals surface area contributed by atoms with Gasteiger partial charge < -0.3 is 9.47 Å². The second kappa shape index (κ2) is 7.30. The smallest absolute Gasteiger partial charge is 0.363 e. The predicted octanol–water partition coefficient (Wildman–Crippen LogP) is 4.07. The third-order valence-electron chi connectivity index (χ3n) is 3.89. The van der Waals surface area contributed by atoms with E-state index in [0.29, 0.717) is 17.9 Å². The molecular formula is C20H18FNO3. The Morgan fingerprint density at radius 2 is 1.92 bits per heavy atom. The van der Waals surface area contributed by atoms with Crippen LogP contribution in [0.15, 0.2) is 53.2 Å². The van der Waals surface area contributed by atoms with Crippen molar-refractivity contribution >= 4 is 17.9 Å². The minimum Gasteiger partial charge on any atom is -0.494 e. The number of carbonyl (C=O) groups is 1. The molecule has 5 heteroatoms. The van der Waals surface area contributed by atoms with Crippen LogP contribution in [0.5, 0.6) is 5.75 Å². The third kappa shape index (κ3) is 4.12. The lowest BCUT2D eigenvalue weighted by molar-refractivity contribution is -0.130. The van der Waals surface area contributed by atoms with Crippen molar-refractivity contribution < 1.29 is 18.7 Å². The summed E-state index contributed by atoms with van der Waals surface area (Å²) in [5.41, 5.74) is 3.04. The van der Waals surface area contributed by atoms with Gasteiger partial charge in [0.15, 0.2) is 23.2 Å². The van der Waals surface area contributed by atoms with Crippen LogP contribution in [0.25, 0.3) is 6.08 Å². The summed E-state index contributed by atoms with van der Waals surface area (Å²) in [5.74, 6) is -0.480. The standard InChI is InChI=1S/C20H18FNO3/c1-13-3-5-14(6-4-13)8-10-19-22-17(20(23)25-19)12-15-7-9-18(24-2)16(21)11-15/h3-7,9,11-12H,8,10H2,1-2H3/b17-12+. The van der Waals surface area contributed by atoms with Crippen LogP contribution in [0, 0.1) is 12.7 Å². The first-order valence-electron chi connectivity index (χ1n) is 7.95. The van der Waals surface area contributed by atoms with Crippen LogP contribution < -0.4 is 4.74 Å². The minimum absolute atomic E-state index is 0.151. The molecule has 0 aliphatic carbocycles. The van der Waals surface area contributed by atoms with Crippen LogP contribution in [0.3, 0.4) is 0 Å². The molecule has 0 bridgehead atoms. The topological polar surface area (TPSA) is 47.9 Å². The normalized spacial score (nSPS) is 15.2. The van der Waals surface area contributed by atoms with E-state index in [1.165, 1.54) is 30.9 Å². The number of ether oxygens (including phenoxy) is 2. The molecule has 3 rings (SSSR count). The first-order valence-corrected chi connectivity index (χ1v) is 7.95. The Labute approximate surface area is 145 Å². The second-order valence-electron chi connectivity index (χ2n) is 5.80. The van der Waals surface area contributed by atoms with Crippen LogP contribution in [-0.4, -0.2) is 19.0 Å². The van der Waals surface area contributed by atoms with Gasteiger partial charge in [-0.1, -0.05) is 35.9 Å². The first kappa shape index (κ1) is 16.9. The number of aliphatic imine (C=N–C) groups is 1. The van der Waals surface area contributed by atoms with Gasteiger partial charge in [-0.15, -0.1) is 0 Å². The summed E-state index contributed by atoms with van der Waals surface area (Å²) < 4.78 is 23.8. The molecule has 1 heterocycles. The lowest BCUT2D eigenvalue weighted by atomic mass is 10.1. The highest BCUT2D eigenvalue weighted by Gasteiger charge is 2.22. The maximum atomic E-state index is 13.7. The predicted molar refractivity (Wildman–Crippen MR) is 94.0 cm³/mol. The average Bonchev–Trinajstić information content (AvgIpc) is 2.94. The van der Waals surface area contributed by atoms with Gasteiger partial charge >= 0.3 is 5.97 Å². The Balaban J connectivity index is 1.71. The molecule has 0 aromatic heterocycles. The summed E-state index contributed by atoms with van der Waals surface area (Å²) in [6.45, 7) is 2.03. The molecule has 0 saturated heterocycles. The maximum absolute atomic E-state index is 13.7. The van der Waals surface area contributed by atoms with Crippen LogP contribution in [0.1, 0.15) is 23.1 Å². The van der Waals surface area contributed by atoms with Gasteiger partial charge in [0.2, 0.25) is 0 Å². The van der Waals surface area contributed by atoms with Gasteiger partial charge in [-0.05, 0) is 42.7 Å². The number of rotatable bonds is 5. The largest absolute Gasteiger partial charge is 0.494 e. The summed E-state index contributed by atoms with van der Waals surface area (Å²) >= 11 is 0. The molecule has 1 aliphatic heterocycles. The highest BCUT2D eigenvalue weighted by atomic mass is 19.1. The Morgan fingerprint density at radius 1 is 1.16 bits per heavy atom. The number of methoxy groups -OCH3 is 1. The molecular weight excluding hydrogens is 321 g/mol. The molecule has 0 N–H and O–H groups in total. The molecule has 2 aromatic rings. The number of benzene rings is 2. The number of aryl methyl sites for hydroxylation is 2. The Morgan fingerprint density at radius 3 is 2.60 bits per heavy atom. The van der Waals surface area contributed by atoms with Gasteiger partial charge in [0, 0.05) is 6.42 Å². The highest BCUT2D eigenvalue weighted by Crippen LogP contribution is 2.22. The zero-order chi connectivity index (χ0) is 17.8. The number of cyclic esters (lactones) is 1. The van der Waals surface area contributed by atoms with Crippen molar-refractivity contribution in [1.29, 1.82) is 0 Å². The monoisotopic (exact) mass is 339 g/mol. The number of halogens is 1. The van der Waals surface area contributed by atoms with Gasteiger partial charge in [0.05, 0.1) is 7.11 Å². The molecule has 0 atom stereocenters. The first-order chi connectivity index (χ1) is 12.0. The van der Waals surface area contributed by atoms with Crippen molar-refractivity contribution in [2.45, 2.75) is 19.8 Å². The second-order valence-corrected chi connectivity index (χ2v) is 5.80. The fraction of sp³-hybridized carbons (Fsp3) is 0.200. The highest BCUT2D eigenvalue weighted by molar-refractivity contribution is 6.07. The maximum Gasteiger partial charge on any atom is 0.363 e. The van der Waals surface area contributed by atoms with Gasteiger partial charge in [-0.25, -0.2) is 14.2 Å². The lowest BCUT2D eigenvalue weighted by Crippen LogP contribution is -2.05. The molecule has 0 radical (unpaired) electrons. The van der Waals surface area contributed by atoms with E-state index in [9.17, 15) is 9.18 Å². The molecule has 0 spiro atoms. The van der Waals surface area contributed by atoms with Gasteiger partial charge in [0.25, 0.3) is 0 Å². The van der Waals surface area contributed by atoms with Crippen molar-refractivity contribution in [2.24, 2.45) is 4.99 Å². The number of nitrogens with zero attached hydrogens (tertiary/aromatic N) is 1. The zero-order valence-electron chi connectivity index (χ0n) is 14.1. The van der Waals surface area contributed by atoms with Crippen LogP contribution in [-0.2, 0) is 16.0 Å². The van der Waals surface area contributed by atoms with E-state index in [4.69, 9.17) is 9.47 Å². The van der Waals surface area contributed by atoms with Crippen molar-refractivity contribution in [3.8, 4) is 5.75 Å². The van der Waals surface area contributed by atoms with Crippen molar-refractivity contribution in [1.82, 2.24) is 0 Å². The molecule has 0 unspecified atom stereocenters. The molecule has 1 aliphatic rings. The SMILES string of the molecule is COc1ccc(/C=C2/N=C(CCc3ccc(C)cc3)OC2=O)cc1F. The van der Waals surface area contributed by atoms with E-state index in [-0.39, 0.29) is 11.4 Å². The molecule has 25 heavy (non-hydrogen) atoms. The van der Waals surface area contributed by atoms with E-state index in [1.807, 2.05) is 31.2 Å². The summed E-state index contributed by atoms with van der Waals surface area (Å²) in [7, 11) is 1.40. The Bertz CT molecular complexity index is 854. The van der Waals surface area contributed by atoms with E-state index in [1.54, 1.807) is 6.07 Å². The fourth-order valence-electron chi connectivity index (χ4n) is 2.50. The van der Waals surface area contributed by atoms with Crippen LogP contribution in [0.4, 0.5) is 4.39 Å². The van der Waals surface area contributed by atoms with E-state index in [0.717, 1.165) is 12.0 Å².